The molecule has 2 heterocycles. The van der Waals surface area contributed by atoms with E-state index in [1.807, 2.05) is 34.9 Å². The van der Waals surface area contributed by atoms with Crippen molar-refractivity contribution in [3.8, 4) is 5.75 Å². The first-order valence-corrected chi connectivity index (χ1v) is 9.47. The van der Waals surface area contributed by atoms with E-state index in [0.29, 0.717) is 35.5 Å². The number of aromatic carboxylic acids is 1. The van der Waals surface area contributed by atoms with Gasteiger partial charge in [0.2, 0.25) is 0 Å². The van der Waals surface area contributed by atoms with Crippen LogP contribution in [-0.2, 0) is 13.2 Å². The van der Waals surface area contributed by atoms with Gasteiger partial charge in [-0.25, -0.2) is 9.37 Å². The van der Waals surface area contributed by atoms with Crippen molar-refractivity contribution in [3.63, 3.8) is 0 Å². The van der Waals surface area contributed by atoms with Gasteiger partial charge in [0.25, 0.3) is 0 Å². The summed E-state index contributed by atoms with van der Waals surface area (Å²) in [5.41, 5.74) is 4.96. The van der Waals surface area contributed by atoms with Crippen LogP contribution in [0.3, 0.4) is 0 Å². The number of benzene rings is 3. The number of rotatable bonds is 3. The molecule has 5 rings (SSSR count). The second kappa shape index (κ2) is 7.15. The number of hydrogen-bond acceptors (Lipinski definition) is 4. The lowest BCUT2D eigenvalue weighted by atomic mass is 9.93. The summed E-state index contributed by atoms with van der Waals surface area (Å²) in [6.45, 7) is 0.809. The van der Waals surface area contributed by atoms with E-state index in [0.717, 1.165) is 16.7 Å². The number of carboxylic acid groups (broad SMARTS) is 1. The molecule has 6 heteroatoms. The van der Waals surface area contributed by atoms with E-state index in [1.54, 1.807) is 24.5 Å². The average molecular weight is 399 g/mol. The van der Waals surface area contributed by atoms with Crippen LogP contribution >= 0.6 is 0 Å². The van der Waals surface area contributed by atoms with E-state index in [2.05, 4.69) is 4.98 Å². The van der Waals surface area contributed by atoms with Crippen LogP contribution in [0.5, 0.6) is 5.75 Å². The second-order valence-electron chi connectivity index (χ2n) is 7.09. The minimum atomic E-state index is -1.24. The molecule has 0 bridgehead atoms. The van der Waals surface area contributed by atoms with Crippen LogP contribution in [-0.4, -0.2) is 15.5 Å². The zero-order valence-electron chi connectivity index (χ0n) is 15.8. The van der Waals surface area contributed by atoms with Crippen molar-refractivity contribution in [2.45, 2.75) is 13.2 Å². The Morgan fingerprint density at radius 3 is 2.87 bits per heavy atom. The lowest BCUT2D eigenvalue weighted by Crippen LogP contribution is -2.22. The Labute approximate surface area is 171 Å². The van der Waals surface area contributed by atoms with Crippen LogP contribution in [0.2, 0.25) is 0 Å². The van der Waals surface area contributed by atoms with Crippen molar-refractivity contribution in [2.75, 3.05) is 0 Å². The predicted octanol–water partition coefficient (Wildman–Crippen LogP) is 3.56. The van der Waals surface area contributed by atoms with Gasteiger partial charge >= 0.3 is 0 Å². The van der Waals surface area contributed by atoms with Crippen LogP contribution in [0.1, 0.15) is 27.0 Å². The highest BCUT2D eigenvalue weighted by atomic mass is 19.1. The van der Waals surface area contributed by atoms with E-state index in [4.69, 9.17) is 4.74 Å². The summed E-state index contributed by atoms with van der Waals surface area (Å²) >= 11 is 0. The summed E-state index contributed by atoms with van der Waals surface area (Å²) in [7, 11) is 0. The first kappa shape index (κ1) is 18.1. The molecule has 5 nitrogen and oxygen atoms in total. The van der Waals surface area contributed by atoms with Gasteiger partial charge in [-0.05, 0) is 58.7 Å². The number of aromatic nitrogens is 2. The third-order valence-electron chi connectivity index (χ3n) is 5.27. The predicted molar refractivity (Wildman–Crippen MR) is 108 cm³/mol. The van der Waals surface area contributed by atoms with Crippen LogP contribution in [0.15, 0.2) is 73.1 Å². The van der Waals surface area contributed by atoms with Gasteiger partial charge in [0.15, 0.2) is 0 Å². The largest absolute Gasteiger partial charge is 0.545 e. The van der Waals surface area contributed by atoms with Crippen molar-refractivity contribution in [1.82, 2.24) is 9.55 Å². The van der Waals surface area contributed by atoms with E-state index in [-0.39, 0.29) is 11.4 Å². The number of fused-ring (bicyclic) bond motifs is 3. The molecule has 0 amide bonds. The summed E-state index contributed by atoms with van der Waals surface area (Å²) < 4.78 is 21.5. The number of halogens is 1. The fourth-order valence-electron chi connectivity index (χ4n) is 3.79. The molecule has 30 heavy (non-hydrogen) atoms. The zero-order chi connectivity index (χ0) is 20.7. The Morgan fingerprint density at radius 2 is 2.00 bits per heavy atom. The molecule has 4 aromatic rings. The number of nitrogens with zero attached hydrogens (tertiary/aromatic N) is 2. The third-order valence-corrected chi connectivity index (χ3v) is 5.27. The Kier molecular flexibility index (Phi) is 4.32. The maximum absolute atomic E-state index is 13.7. The van der Waals surface area contributed by atoms with Gasteiger partial charge in [0, 0.05) is 12.1 Å². The summed E-state index contributed by atoms with van der Waals surface area (Å²) in [6, 6.07) is 17.0. The summed E-state index contributed by atoms with van der Waals surface area (Å²) in [6.07, 6.45) is 3.65. The number of carboxylic acids is 1. The lowest BCUT2D eigenvalue weighted by Gasteiger charge is -2.13. The highest BCUT2D eigenvalue weighted by Crippen LogP contribution is 2.37. The molecule has 1 aliphatic rings. The van der Waals surface area contributed by atoms with Gasteiger partial charge in [-0.2, -0.15) is 0 Å². The molecule has 0 fully saturated rings. The van der Waals surface area contributed by atoms with Crippen LogP contribution in [0.25, 0.3) is 16.6 Å². The highest BCUT2D eigenvalue weighted by molar-refractivity contribution is 5.91. The zero-order valence-corrected chi connectivity index (χ0v) is 15.8. The van der Waals surface area contributed by atoms with Crippen LogP contribution in [0.4, 0.5) is 4.39 Å². The molecule has 0 aliphatic carbocycles. The van der Waals surface area contributed by atoms with Gasteiger partial charge in [-0.1, -0.05) is 30.3 Å². The molecule has 0 N–H and O–H groups in total. The normalized spacial score (nSPS) is 14.1. The van der Waals surface area contributed by atoms with Gasteiger partial charge in [0.05, 0.1) is 23.3 Å². The molecule has 3 aromatic carbocycles. The van der Waals surface area contributed by atoms with E-state index in [9.17, 15) is 14.3 Å². The lowest BCUT2D eigenvalue weighted by molar-refractivity contribution is -0.255. The maximum Gasteiger partial charge on any atom is 0.127 e. The smallest absolute Gasteiger partial charge is 0.127 e. The molecule has 0 radical (unpaired) electrons. The number of carbonyl (C=O) groups excluding carboxylic acids is 1. The number of ether oxygens (including phenoxy) is 1. The van der Waals surface area contributed by atoms with Crippen LogP contribution < -0.4 is 9.84 Å². The molecule has 0 spiro atoms. The van der Waals surface area contributed by atoms with Gasteiger partial charge < -0.3 is 19.2 Å². The topological polar surface area (TPSA) is 67.2 Å². The molecule has 0 saturated carbocycles. The van der Waals surface area contributed by atoms with E-state index in [1.165, 1.54) is 18.2 Å². The first-order chi connectivity index (χ1) is 14.6. The average Bonchev–Trinajstić information content (AvgIpc) is 3.07. The number of imidazole rings is 1. The molecule has 148 valence electrons. The standard InChI is InChI=1S/C24H17FN2O3/c25-17-6-7-21-22(12-17)27(14-26-21)10-9-19-18-4-2-1-3-16(18)13-30-23-8-5-15(24(28)29)11-20(19)23/h1-9,11-12,14H,10,13H2,(H,28,29)/p-1/b19-9+. The van der Waals surface area contributed by atoms with Gasteiger partial charge in [-0.15, -0.1) is 0 Å². The fourth-order valence-corrected chi connectivity index (χ4v) is 3.79. The Bertz CT molecular complexity index is 1320. The van der Waals surface area contributed by atoms with E-state index >= 15 is 0 Å². The highest BCUT2D eigenvalue weighted by Gasteiger charge is 2.19. The second-order valence-corrected chi connectivity index (χ2v) is 7.09. The Balaban J connectivity index is 1.66. The third kappa shape index (κ3) is 3.12. The minimum absolute atomic E-state index is 0.0813. The summed E-state index contributed by atoms with van der Waals surface area (Å²) in [4.78, 5) is 15.8. The summed E-state index contributed by atoms with van der Waals surface area (Å²) in [5.74, 6) is -0.969. The Hall–Kier alpha value is -3.93. The van der Waals surface area contributed by atoms with Gasteiger partial charge in [0.1, 0.15) is 18.2 Å². The molecular formula is C24H16FN2O3-. The molecule has 0 unspecified atom stereocenters. The molecule has 1 aromatic heterocycles. The molecule has 0 saturated heterocycles. The molecular weight excluding hydrogens is 383 g/mol. The first-order valence-electron chi connectivity index (χ1n) is 9.47. The van der Waals surface area contributed by atoms with Crippen molar-refractivity contribution in [2.24, 2.45) is 0 Å². The van der Waals surface area contributed by atoms with Crippen molar-refractivity contribution in [3.05, 3.63) is 101 Å². The minimum Gasteiger partial charge on any atom is -0.545 e. The van der Waals surface area contributed by atoms with Gasteiger partial charge in [-0.3, -0.25) is 0 Å². The maximum atomic E-state index is 13.7. The Morgan fingerprint density at radius 1 is 1.13 bits per heavy atom. The number of carbonyl (C=O) groups is 1. The summed E-state index contributed by atoms with van der Waals surface area (Å²) in [5, 5.41) is 11.4. The number of hydrogen-bond donors (Lipinski definition) is 0. The van der Waals surface area contributed by atoms with Crippen molar-refractivity contribution >= 4 is 22.6 Å². The molecule has 1 aliphatic heterocycles. The molecule has 0 atom stereocenters. The van der Waals surface area contributed by atoms with E-state index < -0.39 is 5.97 Å². The number of allylic oxidation sites excluding steroid dienone is 1. The SMILES string of the molecule is O=C([O-])c1ccc2c(c1)/C(=C/Cn1cnc3ccc(F)cc31)c1ccccc1CO2. The van der Waals surface area contributed by atoms with Crippen LogP contribution in [0, 0.1) is 5.82 Å². The quantitative estimate of drug-likeness (QED) is 0.528. The van der Waals surface area contributed by atoms with Crippen molar-refractivity contribution in [1.29, 1.82) is 0 Å². The monoisotopic (exact) mass is 399 g/mol. The van der Waals surface area contributed by atoms with Crippen molar-refractivity contribution < 1.29 is 19.0 Å². The fraction of sp³-hybridized carbons (Fsp3) is 0.0833.